The molecular formula is C20H27N5O5. The van der Waals surface area contributed by atoms with Gasteiger partial charge in [0.15, 0.2) is 6.10 Å². The molecule has 3 aliphatic heterocycles. The number of hydrogen-bond acceptors (Lipinski definition) is 8. The van der Waals surface area contributed by atoms with E-state index in [1.807, 2.05) is 22.9 Å². The van der Waals surface area contributed by atoms with Crippen LogP contribution in [0.1, 0.15) is 6.42 Å². The van der Waals surface area contributed by atoms with E-state index in [1.54, 1.807) is 0 Å². The van der Waals surface area contributed by atoms with Crippen LogP contribution in [-0.4, -0.2) is 95.0 Å². The Hall–Kier alpha value is -2.27. The Bertz CT molecular complexity index is 850. The second-order valence-corrected chi connectivity index (χ2v) is 8.21. The van der Waals surface area contributed by atoms with Crippen molar-refractivity contribution < 1.29 is 19.4 Å². The molecule has 5 rings (SSSR count). The molecule has 10 nitrogen and oxygen atoms in total. The predicted octanol–water partition coefficient (Wildman–Crippen LogP) is 0.787. The summed E-state index contributed by atoms with van der Waals surface area (Å²) in [4.78, 5) is 20.2. The highest BCUT2D eigenvalue weighted by atomic mass is 17.0. The average molecular weight is 417 g/mol. The van der Waals surface area contributed by atoms with Crippen LogP contribution in [0.15, 0.2) is 30.5 Å². The summed E-state index contributed by atoms with van der Waals surface area (Å²) >= 11 is 0. The lowest BCUT2D eigenvalue weighted by atomic mass is 10.1. The standard InChI is InChI=1S/C20H27N5O5/c26-25(27)30-18-14-29-19-17(13-28-20(18)19)23-10-8-22(9-11-23)6-3-7-24-12-15-4-1-2-5-16(15)21-24/h1-2,4-5,12,17-20H,3,6-11,13-14H2/t17-,18-,19+,20+/m0/s1. The highest BCUT2D eigenvalue weighted by Gasteiger charge is 2.51. The van der Waals surface area contributed by atoms with Gasteiger partial charge in [-0.05, 0) is 19.0 Å². The molecule has 3 saturated heterocycles. The number of rotatable bonds is 7. The number of hydrogen-bond donors (Lipinski definition) is 0. The SMILES string of the molecule is O=[N+]([O-])O[C@H]1CO[C@H]2[C@@H]1OC[C@@H]2N1CCN(CCCn2cc3ccccc3n2)CC1. The summed E-state index contributed by atoms with van der Waals surface area (Å²) < 4.78 is 13.6. The highest BCUT2D eigenvalue weighted by molar-refractivity contribution is 5.77. The molecule has 0 radical (unpaired) electrons. The van der Waals surface area contributed by atoms with Gasteiger partial charge in [-0.25, -0.2) is 0 Å². The van der Waals surface area contributed by atoms with E-state index < -0.39 is 11.2 Å². The summed E-state index contributed by atoms with van der Waals surface area (Å²) in [5.41, 5.74) is 1.04. The van der Waals surface area contributed by atoms with E-state index in [0.717, 1.165) is 51.2 Å². The first kappa shape index (κ1) is 19.7. The molecule has 10 heteroatoms. The van der Waals surface area contributed by atoms with Crippen LogP contribution >= 0.6 is 0 Å². The van der Waals surface area contributed by atoms with Gasteiger partial charge in [-0.2, -0.15) is 5.10 Å². The highest BCUT2D eigenvalue weighted by Crippen LogP contribution is 2.32. The van der Waals surface area contributed by atoms with Gasteiger partial charge in [0.1, 0.15) is 12.2 Å². The topological polar surface area (TPSA) is 95.1 Å². The molecule has 1 aromatic carbocycles. The van der Waals surface area contributed by atoms with Crippen molar-refractivity contribution in [3.63, 3.8) is 0 Å². The quantitative estimate of drug-likeness (QED) is 0.482. The van der Waals surface area contributed by atoms with Crippen molar-refractivity contribution in [3.8, 4) is 0 Å². The van der Waals surface area contributed by atoms with E-state index in [-0.39, 0.29) is 24.9 Å². The summed E-state index contributed by atoms with van der Waals surface area (Å²) in [7, 11) is 0. The van der Waals surface area contributed by atoms with Gasteiger partial charge >= 0.3 is 0 Å². The predicted molar refractivity (Wildman–Crippen MR) is 107 cm³/mol. The Balaban J connectivity index is 1.06. The van der Waals surface area contributed by atoms with Gasteiger partial charge in [0.05, 0.1) is 24.8 Å². The third-order valence-corrected chi connectivity index (χ3v) is 6.40. The molecule has 0 spiro atoms. The van der Waals surface area contributed by atoms with Crippen LogP contribution in [0.2, 0.25) is 0 Å². The average Bonchev–Trinajstić information content (AvgIpc) is 3.44. The maximum absolute atomic E-state index is 10.6. The van der Waals surface area contributed by atoms with Crippen molar-refractivity contribution in [1.82, 2.24) is 19.6 Å². The molecule has 4 atom stereocenters. The molecule has 0 N–H and O–H groups in total. The number of benzene rings is 1. The monoisotopic (exact) mass is 417 g/mol. The molecule has 162 valence electrons. The smallest absolute Gasteiger partial charge is 0.294 e. The summed E-state index contributed by atoms with van der Waals surface area (Å²) in [6.07, 6.45) is 2.07. The largest absolute Gasteiger partial charge is 0.371 e. The first-order chi connectivity index (χ1) is 14.7. The van der Waals surface area contributed by atoms with Gasteiger partial charge < -0.3 is 19.2 Å². The first-order valence-corrected chi connectivity index (χ1v) is 10.6. The van der Waals surface area contributed by atoms with Crippen molar-refractivity contribution in [2.24, 2.45) is 0 Å². The Morgan fingerprint density at radius 3 is 2.70 bits per heavy atom. The van der Waals surface area contributed by atoms with Crippen LogP contribution in [-0.2, 0) is 20.9 Å². The lowest BCUT2D eigenvalue weighted by molar-refractivity contribution is -0.769. The maximum Gasteiger partial charge on any atom is 0.294 e. The van der Waals surface area contributed by atoms with Crippen molar-refractivity contribution in [2.45, 2.75) is 37.3 Å². The second kappa shape index (κ2) is 8.46. The summed E-state index contributed by atoms with van der Waals surface area (Å²) in [6.45, 7) is 6.63. The molecule has 0 unspecified atom stereocenters. The third-order valence-electron chi connectivity index (χ3n) is 6.40. The van der Waals surface area contributed by atoms with Gasteiger partial charge in [-0.3, -0.25) is 9.58 Å². The minimum atomic E-state index is -0.752. The van der Waals surface area contributed by atoms with Crippen molar-refractivity contribution in [1.29, 1.82) is 0 Å². The Morgan fingerprint density at radius 1 is 1.10 bits per heavy atom. The minimum absolute atomic E-state index is 0.143. The molecule has 4 heterocycles. The van der Waals surface area contributed by atoms with Gasteiger partial charge in [0.25, 0.3) is 5.09 Å². The lowest BCUT2D eigenvalue weighted by Gasteiger charge is -2.38. The summed E-state index contributed by atoms with van der Waals surface area (Å²) in [6, 6.07) is 8.34. The minimum Gasteiger partial charge on any atom is -0.371 e. The lowest BCUT2D eigenvalue weighted by Crippen LogP contribution is -2.54. The second-order valence-electron chi connectivity index (χ2n) is 8.21. The fourth-order valence-electron chi connectivity index (χ4n) is 4.86. The number of aromatic nitrogens is 2. The van der Waals surface area contributed by atoms with Crippen LogP contribution < -0.4 is 0 Å². The molecule has 0 bridgehead atoms. The maximum atomic E-state index is 10.6. The number of aryl methyl sites for hydroxylation is 1. The van der Waals surface area contributed by atoms with E-state index in [0.29, 0.717) is 6.61 Å². The normalized spacial score (nSPS) is 30.0. The van der Waals surface area contributed by atoms with Crippen molar-refractivity contribution in [3.05, 3.63) is 40.6 Å². The van der Waals surface area contributed by atoms with Gasteiger partial charge in [0, 0.05) is 44.3 Å². The van der Waals surface area contributed by atoms with E-state index in [9.17, 15) is 10.1 Å². The van der Waals surface area contributed by atoms with E-state index in [4.69, 9.17) is 14.3 Å². The van der Waals surface area contributed by atoms with E-state index in [2.05, 4.69) is 27.2 Å². The number of piperazine rings is 1. The number of fused-ring (bicyclic) bond motifs is 2. The van der Waals surface area contributed by atoms with Crippen molar-refractivity contribution in [2.75, 3.05) is 45.9 Å². The van der Waals surface area contributed by atoms with E-state index >= 15 is 0 Å². The van der Waals surface area contributed by atoms with Crippen LogP contribution in [0.5, 0.6) is 0 Å². The molecule has 3 aliphatic rings. The number of ether oxygens (including phenoxy) is 2. The molecule has 3 fully saturated rings. The molecule has 2 aromatic rings. The van der Waals surface area contributed by atoms with E-state index in [1.165, 1.54) is 5.39 Å². The van der Waals surface area contributed by atoms with Crippen molar-refractivity contribution >= 4 is 10.9 Å². The van der Waals surface area contributed by atoms with Crippen LogP contribution in [0.4, 0.5) is 0 Å². The van der Waals surface area contributed by atoms with Gasteiger partial charge in [0.2, 0.25) is 0 Å². The Labute approximate surface area is 174 Å². The third kappa shape index (κ3) is 4.00. The van der Waals surface area contributed by atoms with Gasteiger partial charge in [-0.15, -0.1) is 10.1 Å². The summed E-state index contributed by atoms with van der Waals surface area (Å²) in [5, 5.41) is 15.7. The molecule has 0 amide bonds. The van der Waals surface area contributed by atoms with Gasteiger partial charge in [-0.1, -0.05) is 18.2 Å². The molecule has 0 saturated carbocycles. The van der Waals surface area contributed by atoms with Crippen LogP contribution in [0.3, 0.4) is 0 Å². The fraction of sp³-hybridized carbons (Fsp3) is 0.650. The Morgan fingerprint density at radius 2 is 1.90 bits per heavy atom. The zero-order valence-electron chi connectivity index (χ0n) is 16.8. The first-order valence-electron chi connectivity index (χ1n) is 10.6. The molecule has 30 heavy (non-hydrogen) atoms. The zero-order chi connectivity index (χ0) is 20.5. The number of nitrogens with zero attached hydrogens (tertiary/aromatic N) is 5. The molecule has 0 aliphatic carbocycles. The van der Waals surface area contributed by atoms with Crippen LogP contribution in [0, 0.1) is 10.1 Å². The Kier molecular flexibility index (Phi) is 5.55. The summed E-state index contributed by atoms with van der Waals surface area (Å²) in [5.74, 6) is 0. The molecule has 1 aromatic heterocycles. The fourth-order valence-corrected chi connectivity index (χ4v) is 4.86. The zero-order valence-corrected chi connectivity index (χ0v) is 16.8. The molecular weight excluding hydrogens is 390 g/mol. The van der Waals surface area contributed by atoms with Crippen LogP contribution in [0.25, 0.3) is 10.9 Å².